The van der Waals surface area contributed by atoms with Crippen LogP contribution in [0.4, 0.5) is 10.5 Å². The number of hydrogen-bond donors (Lipinski definition) is 1. The summed E-state index contributed by atoms with van der Waals surface area (Å²) < 4.78 is 5.26. The van der Waals surface area contributed by atoms with Crippen LogP contribution in [0.15, 0.2) is 48.5 Å². The Morgan fingerprint density at radius 1 is 1.05 bits per heavy atom. The molecule has 0 aliphatic heterocycles. The Labute approximate surface area is 119 Å². The van der Waals surface area contributed by atoms with Gasteiger partial charge >= 0.3 is 6.09 Å². The van der Waals surface area contributed by atoms with Crippen LogP contribution < -0.4 is 10.1 Å². The van der Waals surface area contributed by atoms with Gasteiger partial charge in [-0.2, -0.15) is 0 Å². The zero-order valence-electron chi connectivity index (χ0n) is 12.0. The molecule has 1 N–H and O–H groups in total. The van der Waals surface area contributed by atoms with E-state index in [0.717, 1.165) is 16.8 Å². The minimum absolute atomic E-state index is 0.335. The predicted molar refractivity (Wildman–Crippen MR) is 81.4 cm³/mol. The van der Waals surface area contributed by atoms with Crippen molar-refractivity contribution in [3.8, 4) is 5.75 Å². The number of hydrogen-bond acceptors (Lipinski definition) is 2. The smallest absolute Gasteiger partial charge is 0.410 e. The van der Waals surface area contributed by atoms with E-state index < -0.39 is 6.09 Å². The lowest BCUT2D eigenvalue weighted by Gasteiger charge is -2.16. The normalized spacial score (nSPS) is 10.4. The zero-order chi connectivity index (χ0) is 14.5. The number of ether oxygens (including phenoxy) is 1. The Kier molecular flexibility index (Phi) is 4.41. The fourth-order valence-corrected chi connectivity index (χ4v) is 2.07. The molecule has 1 amide bonds. The molecule has 104 valence electrons. The number of nitrogens with one attached hydrogen (secondary N) is 1. The molecule has 0 radical (unpaired) electrons. The Balaban J connectivity index is 2.16. The van der Waals surface area contributed by atoms with E-state index in [9.17, 15) is 4.79 Å². The maximum atomic E-state index is 12.0. The average molecular weight is 269 g/mol. The molecule has 0 bridgehead atoms. The van der Waals surface area contributed by atoms with Gasteiger partial charge in [-0.25, -0.2) is 4.79 Å². The third-order valence-electron chi connectivity index (χ3n) is 3.11. The molecule has 0 aromatic heterocycles. The van der Waals surface area contributed by atoms with Crippen molar-refractivity contribution in [1.29, 1.82) is 0 Å². The second-order valence-electron chi connectivity index (χ2n) is 5.02. The van der Waals surface area contributed by atoms with Gasteiger partial charge in [0.1, 0.15) is 5.75 Å². The van der Waals surface area contributed by atoms with E-state index in [-0.39, 0.29) is 0 Å². The number of rotatable bonds is 3. The molecule has 0 atom stereocenters. The first kappa shape index (κ1) is 14.1. The summed E-state index contributed by atoms with van der Waals surface area (Å²) in [6.45, 7) is 6.18. The molecule has 0 heterocycles. The molecule has 3 nitrogen and oxygen atoms in total. The minimum atomic E-state index is -0.465. The number of carbonyl (C=O) groups excluding carboxylic acids is 1. The highest BCUT2D eigenvalue weighted by Gasteiger charge is 2.13. The number of carbonyl (C=O) groups is 1. The number of benzene rings is 2. The monoisotopic (exact) mass is 269 g/mol. The number of para-hydroxylation sites is 2. The molecule has 0 unspecified atom stereocenters. The molecule has 2 aromatic carbocycles. The highest BCUT2D eigenvalue weighted by atomic mass is 16.6. The van der Waals surface area contributed by atoms with Crippen LogP contribution in [0.2, 0.25) is 0 Å². The van der Waals surface area contributed by atoms with E-state index >= 15 is 0 Å². The van der Waals surface area contributed by atoms with Gasteiger partial charge in [0.2, 0.25) is 0 Å². The molecule has 0 saturated heterocycles. The Morgan fingerprint density at radius 3 is 2.40 bits per heavy atom. The summed E-state index contributed by atoms with van der Waals surface area (Å²) in [6, 6.07) is 15.0. The van der Waals surface area contributed by atoms with Gasteiger partial charge in [0.25, 0.3) is 0 Å². The first-order chi connectivity index (χ1) is 9.58. The summed E-state index contributed by atoms with van der Waals surface area (Å²) >= 11 is 0. The van der Waals surface area contributed by atoms with Gasteiger partial charge in [-0.15, -0.1) is 0 Å². The van der Waals surface area contributed by atoms with Crippen LogP contribution in [0.25, 0.3) is 0 Å². The van der Waals surface area contributed by atoms with Crippen molar-refractivity contribution in [3.05, 3.63) is 59.7 Å². The van der Waals surface area contributed by atoms with Crippen molar-refractivity contribution in [1.82, 2.24) is 0 Å². The topological polar surface area (TPSA) is 38.3 Å². The van der Waals surface area contributed by atoms with Gasteiger partial charge in [0, 0.05) is 0 Å². The minimum Gasteiger partial charge on any atom is -0.410 e. The first-order valence-electron chi connectivity index (χ1n) is 6.71. The van der Waals surface area contributed by atoms with Gasteiger partial charge in [0.15, 0.2) is 0 Å². The van der Waals surface area contributed by atoms with Crippen LogP contribution in [0, 0.1) is 6.92 Å². The van der Waals surface area contributed by atoms with Crippen LogP contribution in [-0.2, 0) is 0 Å². The van der Waals surface area contributed by atoms with Gasteiger partial charge in [-0.05, 0) is 36.1 Å². The molecular weight excluding hydrogens is 250 g/mol. The summed E-state index contributed by atoms with van der Waals surface area (Å²) in [5, 5.41) is 2.85. The van der Waals surface area contributed by atoms with E-state index in [0.29, 0.717) is 11.7 Å². The number of amides is 1. The fraction of sp³-hybridized carbons (Fsp3) is 0.235. The Bertz CT molecular complexity index is 591. The second kappa shape index (κ2) is 6.24. The predicted octanol–water partition coefficient (Wildman–Crippen LogP) is 4.73. The van der Waals surface area contributed by atoms with Crippen molar-refractivity contribution in [3.63, 3.8) is 0 Å². The summed E-state index contributed by atoms with van der Waals surface area (Å²) in [7, 11) is 0. The van der Waals surface area contributed by atoms with Crippen LogP contribution in [0.3, 0.4) is 0 Å². The molecular formula is C17H19NO2. The summed E-state index contributed by atoms with van der Waals surface area (Å²) in [5.74, 6) is 0.867. The summed E-state index contributed by atoms with van der Waals surface area (Å²) in [5.41, 5.74) is 2.97. The van der Waals surface area contributed by atoms with Gasteiger partial charge in [0.05, 0.1) is 5.69 Å². The quantitative estimate of drug-likeness (QED) is 0.874. The maximum Gasteiger partial charge on any atom is 0.417 e. The van der Waals surface area contributed by atoms with Gasteiger partial charge in [-0.1, -0.05) is 50.2 Å². The summed E-state index contributed by atoms with van der Waals surface area (Å²) in [6.07, 6.45) is -0.465. The third kappa shape index (κ3) is 3.38. The molecule has 0 aliphatic rings. The van der Waals surface area contributed by atoms with Crippen molar-refractivity contribution < 1.29 is 9.53 Å². The standard InChI is InChI=1S/C17H19NO2/c1-12(2)15-11-7-8-13(3)16(15)18-17(19)20-14-9-5-4-6-10-14/h4-12H,1-3H3,(H,18,19). The summed E-state index contributed by atoms with van der Waals surface area (Å²) in [4.78, 5) is 12.0. The molecule has 0 saturated carbocycles. The Morgan fingerprint density at radius 2 is 1.75 bits per heavy atom. The van der Waals surface area contributed by atoms with Crippen molar-refractivity contribution in [2.75, 3.05) is 5.32 Å². The van der Waals surface area contributed by atoms with Crippen molar-refractivity contribution in [2.45, 2.75) is 26.7 Å². The van der Waals surface area contributed by atoms with Crippen LogP contribution in [-0.4, -0.2) is 6.09 Å². The lowest BCUT2D eigenvalue weighted by Crippen LogP contribution is -2.18. The van der Waals surface area contributed by atoms with Crippen LogP contribution in [0.1, 0.15) is 30.9 Å². The first-order valence-corrected chi connectivity index (χ1v) is 6.71. The van der Waals surface area contributed by atoms with Gasteiger partial charge in [-0.3, -0.25) is 5.32 Å². The molecule has 0 aliphatic carbocycles. The molecule has 20 heavy (non-hydrogen) atoms. The van der Waals surface area contributed by atoms with E-state index in [4.69, 9.17) is 4.74 Å². The molecule has 0 spiro atoms. The zero-order valence-corrected chi connectivity index (χ0v) is 12.0. The van der Waals surface area contributed by atoms with E-state index in [1.54, 1.807) is 12.1 Å². The van der Waals surface area contributed by atoms with Crippen molar-refractivity contribution in [2.24, 2.45) is 0 Å². The Hall–Kier alpha value is -2.29. The highest BCUT2D eigenvalue weighted by molar-refractivity contribution is 5.88. The molecule has 2 rings (SSSR count). The third-order valence-corrected chi connectivity index (χ3v) is 3.11. The van der Waals surface area contributed by atoms with Crippen LogP contribution >= 0.6 is 0 Å². The maximum absolute atomic E-state index is 12.0. The van der Waals surface area contributed by atoms with E-state index in [1.165, 1.54) is 0 Å². The number of anilines is 1. The highest BCUT2D eigenvalue weighted by Crippen LogP contribution is 2.27. The molecule has 2 aromatic rings. The largest absolute Gasteiger partial charge is 0.417 e. The second-order valence-corrected chi connectivity index (χ2v) is 5.02. The molecule has 3 heteroatoms. The lowest BCUT2D eigenvalue weighted by molar-refractivity contribution is 0.215. The number of aryl methyl sites for hydroxylation is 1. The van der Waals surface area contributed by atoms with E-state index in [1.807, 2.05) is 43.3 Å². The van der Waals surface area contributed by atoms with E-state index in [2.05, 4.69) is 19.2 Å². The van der Waals surface area contributed by atoms with Gasteiger partial charge < -0.3 is 4.74 Å². The lowest BCUT2D eigenvalue weighted by atomic mass is 9.98. The van der Waals surface area contributed by atoms with Crippen molar-refractivity contribution >= 4 is 11.8 Å². The molecule has 0 fully saturated rings. The van der Waals surface area contributed by atoms with Crippen LogP contribution in [0.5, 0.6) is 5.75 Å². The average Bonchev–Trinajstić information content (AvgIpc) is 2.42. The SMILES string of the molecule is Cc1cccc(C(C)C)c1NC(=O)Oc1ccccc1. The fourth-order valence-electron chi connectivity index (χ4n) is 2.07.